The number of benzene rings is 1. The first-order chi connectivity index (χ1) is 13.7. The lowest BCUT2D eigenvalue weighted by Gasteiger charge is -2.24. The third-order valence-electron chi connectivity index (χ3n) is 4.33. The summed E-state index contributed by atoms with van der Waals surface area (Å²) >= 11 is 0. The maximum atomic E-state index is 12.6. The molecule has 6 heteroatoms. The molecule has 0 bridgehead atoms. The third-order valence-corrected chi connectivity index (χ3v) is 4.33. The highest BCUT2D eigenvalue weighted by Crippen LogP contribution is 2.42. The van der Waals surface area contributed by atoms with Crippen LogP contribution in [0.15, 0.2) is 41.5 Å². The van der Waals surface area contributed by atoms with Gasteiger partial charge in [-0.15, -0.1) is 0 Å². The first-order valence-corrected chi connectivity index (χ1v) is 9.24. The fourth-order valence-corrected chi connectivity index (χ4v) is 3.07. The van der Waals surface area contributed by atoms with Crippen molar-refractivity contribution in [3.63, 3.8) is 0 Å². The number of rotatable bonds is 7. The van der Waals surface area contributed by atoms with Crippen molar-refractivity contribution in [3.8, 4) is 11.5 Å². The number of ketones is 2. The Morgan fingerprint density at radius 1 is 0.966 bits per heavy atom. The number of hydrogen-bond acceptors (Lipinski definition) is 6. The lowest BCUT2D eigenvalue weighted by atomic mass is 9.88. The summed E-state index contributed by atoms with van der Waals surface area (Å²) in [6.45, 7) is 7.47. The molecule has 0 saturated carbocycles. The number of carbonyl (C=O) groups excluding carboxylic acids is 3. The van der Waals surface area contributed by atoms with Crippen molar-refractivity contribution in [2.45, 2.75) is 40.2 Å². The van der Waals surface area contributed by atoms with Gasteiger partial charge in [0.25, 0.3) is 0 Å². The Bertz CT molecular complexity index is 925. The molecule has 0 fully saturated rings. The van der Waals surface area contributed by atoms with Crippen LogP contribution in [0.25, 0.3) is 0 Å². The van der Waals surface area contributed by atoms with Crippen LogP contribution in [0.3, 0.4) is 0 Å². The highest BCUT2D eigenvalue weighted by atomic mass is 16.5. The molecule has 1 aliphatic rings. The lowest BCUT2D eigenvalue weighted by molar-refractivity contribution is -0.143. The van der Waals surface area contributed by atoms with Gasteiger partial charge in [0, 0.05) is 18.1 Å². The second kappa shape index (κ2) is 9.37. The normalized spacial score (nSPS) is 13.3. The van der Waals surface area contributed by atoms with Gasteiger partial charge in [-0.2, -0.15) is 0 Å². The van der Waals surface area contributed by atoms with Gasteiger partial charge in [0.15, 0.2) is 11.6 Å². The minimum Gasteiger partial charge on any atom is -0.496 e. The summed E-state index contributed by atoms with van der Waals surface area (Å²) in [6, 6.07) is 1.60. The van der Waals surface area contributed by atoms with Crippen LogP contribution < -0.4 is 9.47 Å². The van der Waals surface area contributed by atoms with Crippen LogP contribution in [0.5, 0.6) is 11.5 Å². The van der Waals surface area contributed by atoms with Crippen molar-refractivity contribution in [1.82, 2.24) is 0 Å². The van der Waals surface area contributed by atoms with E-state index in [1.807, 2.05) is 19.9 Å². The smallest absolute Gasteiger partial charge is 0.331 e. The van der Waals surface area contributed by atoms with Gasteiger partial charge < -0.3 is 14.2 Å². The van der Waals surface area contributed by atoms with Crippen LogP contribution in [-0.4, -0.2) is 31.8 Å². The quantitative estimate of drug-likeness (QED) is 0.381. The average molecular weight is 398 g/mol. The maximum Gasteiger partial charge on any atom is 0.331 e. The molecule has 29 heavy (non-hydrogen) atoms. The number of fused-ring (bicyclic) bond motifs is 1. The second-order valence-corrected chi connectivity index (χ2v) is 7.18. The molecule has 1 aromatic carbocycles. The Labute approximate surface area is 170 Å². The first kappa shape index (κ1) is 22.1. The van der Waals surface area contributed by atoms with Crippen molar-refractivity contribution in [2.24, 2.45) is 0 Å². The first-order valence-electron chi connectivity index (χ1n) is 9.24. The predicted molar refractivity (Wildman–Crippen MR) is 110 cm³/mol. The fraction of sp³-hybridized carbons (Fsp3) is 0.348. The number of hydrogen-bond donors (Lipinski definition) is 0. The maximum absolute atomic E-state index is 12.6. The summed E-state index contributed by atoms with van der Waals surface area (Å²) in [7, 11) is 2.83. The predicted octanol–water partition coefficient (Wildman–Crippen LogP) is 4.55. The van der Waals surface area contributed by atoms with Crippen LogP contribution in [0.4, 0.5) is 0 Å². The zero-order chi connectivity index (χ0) is 21.7. The van der Waals surface area contributed by atoms with Gasteiger partial charge in [-0.05, 0) is 45.9 Å². The summed E-state index contributed by atoms with van der Waals surface area (Å²) in [6.07, 6.45) is 5.39. The van der Waals surface area contributed by atoms with Crippen molar-refractivity contribution < 1.29 is 28.6 Å². The highest BCUT2D eigenvalue weighted by molar-refractivity contribution is 6.24. The van der Waals surface area contributed by atoms with E-state index >= 15 is 0 Å². The van der Waals surface area contributed by atoms with E-state index < -0.39 is 12.1 Å². The number of ether oxygens (including phenoxy) is 3. The third kappa shape index (κ3) is 5.02. The number of carbonyl (C=O) groups is 3. The Kier molecular flexibility index (Phi) is 7.15. The molecular formula is C23H26O6. The highest BCUT2D eigenvalue weighted by Gasteiger charge is 2.32. The summed E-state index contributed by atoms with van der Waals surface area (Å²) < 4.78 is 16.6. The van der Waals surface area contributed by atoms with Crippen molar-refractivity contribution in [1.29, 1.82) is 0 Å². The van der Waals surface area contributed by atoms with Gasteiger partial charge in [-0.3, -0.25) is 9.59 Å². The van der Waals surface area contributed by atoms with Crippen LogP contribution in [0.1, 0.15) is 66.5 Å². The minimum absolute atomic E-state index is 0.120. The number of allylic oxidation sites excluding steroid dienone is 4. The van der Waals surface area contributed by atoms with Crippen molar-refractivity contribution in [3.05, 3.63) is 58.2 Å². The summed E-state index contributed by atoms with van der Waals surface area (Å²) in [4.78, 5) is 37.3. The van der Waals surface area contributed by atoms with Crippen LogP contribution in [-0.2, 0) is 9.53 Å². The molecule has 0 unspecified atom stereocenters. The van der Waals surface area contributed by atoms with E-state index in [0.717, 1.165) is 11.1 Å². The molecular weight excluding hydrogens is 372 g/mol. The van der Waals surface area contributed by atoms with E-state index in [1.54, 1.807) is 19.9 Å². The molecule has 0 N–H and O–H groups in total. The lowest BCUT2D eigenvalue weighted by Crippen LogP contribution is -2.18. The van der Waals surface area contributed by atoms with E-state index in [-0.39, 0.29) is 34.2 Å². The molecule has 0 spiro atoms. The summed E-state index contributed by atoms with van der Waals surface area (Å²) in [5, 5.41) is 0. The van der Waals surface area contributed by atoms with E-state index in [1.165, 1.54) is 32.4 Å². The van der Waals surface area contributed by atoms with Gasteiger partial charge in [-0.25, -0.2) is 4.79 Å². The molecule has 6 nitrogen and oxygen atoms in total. The summed E-state index contributed by atoms with van der Waals surface area (Å²) in [5.74, 6) is -0.769. The molecule has 0 amide bonds. The standard InChI is InChI=1S/C23H26O6/c1-13(2)7-10-18(29-20(26)11-14(3)4)15-12-19(27-5)21-16(24)8-9-17(25)22(21)23(15)28-6/h7-9,11-12,18H,10H2,1-6H3/t18-/m0/s1. The topological polar surface area (TPSA) is 78.9 Å². The molecule has 0 saturated heterocycles. The van der Waals surface area contributed by atoms with Gasteiger partial charge in [0.1, 0.15) is 17.6 Å². The van der Waals surface area contributed by atoms with Crippen LogP contribution in [0, 0.1) is 0 Å². The van der Waals surface area contributed by atoms with E-state index in [0.29, 0.717) is 12.0 Å². The molecule has 1 aliphatic carbocycles. The SMILES string of the molecule is COc1cc([C@H](CC=C(C)C)OC(=O)C=C(C)C)c(OC)c2c1C(=O)C=CC2=O. The van der Waals surface area contributed by atoms with E-state index in [4.69, 9.17) is 14.2 Å². The number of esters is 1. The second-order valence-electron chi connectivity index (χ2n) is 7.18. The molecule has 1 aromatic rings. The number of methoxy groups -OCH3 is 2. The average Bonchev–Trinajstić information content (AvgIpc) is 2.65. The van der Waals surface area contributed by atoms with E-state index in [2.05, 4.69) is 0 Å². The van der Waals surface area contributed by atoms with Crippen molar-refractivity contribution in [2.75, 3.05) is 14.2 Å². The van der Waals surface area contributed by atoms with Crippen LogP contribution in [0.2, 0.25) is 0 Å². The van der Waals surface area contributed by atoms with Gasteiger partial charge in [0.05, 0.1) is 25.3 Å². The fourth-order valence-electron chi connectivity index (χ4n) is 3.07. The minimum atomic E-state index is -0.726. The molecule has 154 valence electrons. The van der Waals surface area contributed by atoms with Crippen molar-refractivity contribution >= 4 is 17.5 Å². The van der Waals surface area contributed by atoms with E-state index in [9.17, 15) is 14.4 Å². The van der Waals surface area contributed by atoms with Gasteiger partial charge in [-0.1, -0.05) is 17.2 Å². The molecule has 2 rings (SSSR count). The zero-order valence-electron chi connectivity index (χ0n) is 17.6. The Morgan fingerprint density at radius 2 is 1.59 bits per heavy atom. The zero-order valence-corrected chi connectivity index (χ0v) is 17.6. The Balaban J connectivity index is 2.69. The summed E-state index contributed by atoms with van der Waals surface area (Å²) in [5.41, 5.74) is 2.59. The van der Waals surface area contributed by atoms with Gasteiger partial charge >= 0.3 is 5.97 Å². The molecule has 0 aromatic heterocycles. The largest absolute Gasteiger partial charge is 0.496 e. The Morgan fingerprint density at radius 3 is 2.10 bits per heavy atom. The molecule has 0 aliphatic heterocycles. The molecule has 1 atom stereocenters. The molecule has 0 heterocycles. The van der Waals surface area contributed by atoms with Crippen LogP contribution >= 0.6 is 0 Å². The van der Waals surface area contributed by atoms with Gasteiger partial charge in [0.2, 0.25) is 0 Å². The Hall–Kier alpha value is -3.15. The monoisotopic (exact) mass is 398 g/mol. The molecule has 0 radical (unpaired) electrons.